The Hall–Kier alpha value is -2.44. The summed E-state index contributed by atoms with van der Waals surface area (Å²) in [5, 5.41) is 3.93. The van der Waals surface area contributed by atoms with Crippen LogP contribution >= 0.6 is 0 Å². The number of hydrogen-bond acceptors (Lipinski definition) is 5. The number of aryl methyl sites for hydroxylation is 1. The van der Waals surface area contributed by atoms with E-state index in [1.807, 2.05) is 4.90 Å². The highest BCUT2D eigenvalue weighted by atomic mass is 32.2. The average molecular weight is 500 g/mol. The second-order valence-corrected chi connectivity index (χ2v) is 10.8. The van der Waals surface area contributed by atoms with E-state index in [1.165, 1.54) is 27.4 Å². The molecule has 0 aliphatic carbocycles. The van der Waals surface area contributed by atoms with Gasteiger partial charge in [-0.25, -0.2) is 8.42 Å². The van der Waals surface area contributed by atoms with Crippen LogP contribution < -0.4 is 0 Å². The molecule has 0 spiro atoms. The molecule has 186 valence electrons. The number of alkyl halides is 3. The predicted octanol–water partition coefficient (Wildman–Crippen LogP) is 2.18. The Balaban J connectivity index is 1.33. The van der Waals surface area contributed by atoms with Gasteiger partial charge in [0.1, 0.15) is 4.90 Å². The van der Waals surface area contributed by atoms with E-state index in [4.69, 9.17) is 0 Å². The van der Waals surface area contributed by atoms with Crippen LogP contribution in [-0.2, 0) is 34.6 Å². The number of carbonyl (C=O) groups excluding carboxylic acids is 1. The number of benzene rings is 1. The number of aromatic nitrogens is 2. The Kier molecular flexibility index (Phi) is 7.02. The number of piperidine rings is 1. The highest BCUT2D eigenvalue weighted by Gasteiger charge is 2.36. The molecule has 2 aliphatic heterocycles. The topological polar surface area (TPSA) is 78.8 Å². The molecular formula is C22H28F3N5O3S. The molecular weight excluding hydrogens is 471 g/mol. The molecule has 12 heteroatoms. The van der Waals surface area contributed by atoms with Crippen LogP contribution in [-0.4, -0.2) is 77.5 Å². The summed E-state index contributed by atoms with van der Waals surface area (Å²) in [4.78, 5) is 17.0. The molecule has 0 bridgehead atoms. The van der Waals surface area contributed by atoms with Gasteiger partial charge in [-0.05, 0) is 24.5 Å². The van der Waals surface area contributed by atoms with Crippen molar-refractivity contribution in [3.63, 3.8) is 0 Å². The van der Waals surface area contributed by atoms with Gasteiger partial charge in [0, 0.05) is 59.1 Å². The SMILES string of the molecule is Cn1cc(S(=O)(=O)N2CCC[C@@H](C(=O)N3CCN(Cc4cccc(C(F)(F)F)c4)CC3)C2)cn1. The first-order valence-corrected chi connectivity index (χ1v) is 12.6. The van der Waals surface area contributed by atoms with Crippen molar-refractivity contribution < 1.29 is 26.4 Å². The summed E-state index contributed by atoms with van der Waals surface area (Å²) in [6, 6.07) is 5.30. The molecule has 4 rings (SSSR count). The second-order valence-electron chi connectivity index (χ2n) is 8.85. The normalized spacial score (nSPS) is 21.1. The molecule has 3 heterocycles. The van der Waals surface area contributed by atoms with Gasteiger partial charge >= 0.3 is 6.18 Å². The zero-order chi connectivity index (χ0) is 24.5. The molecule has 34 heavy (non-hydrogen) atoms. The molecule has 1 aromatic heterocycles. The van der Waals surface area contributed by atoms with Gasteiger partial charge in [-0.1, -0.05) is 18.2 Å². The minimum atomic E-state index is -4.38. The molecule has 1 atom stereocenters. The maximum absolute atomic E-state index is 13.1. The number of amides is 1. The first-order chi connectivity index (χ1) is 16.0. The Morgan fingerprint density at radius 2 is 1.88 bits per heavy atom. The van der Waals surface area contributed by atoms with Crippen LogP contribution in [0.5, 0.6) is 0 Å². The third-order valence-electron chi connectivity index (χ3n) is 6.40. The van der Waals surface area contributed by atoms with Crippen molar-refractivity contribution in [2.75, 3.05) is 39.3 Å². The maximum Gasteiger partial charge on any atom is 0.416 e. The van der Waals surface area contributed by atoms with Crippen LogP contribution in [0.2, 0.25) is 0 Å². The molecule has 2 aliphatic rings. The number of sulfonamides is 1. The van der Waals surface area contributed by atoms with Gasteiger partial charge < -0.3 is 4.90 Å². The van der Waals surface area contributed by atoms with Gasteiger partial charge in [0.15, 0.2) is 0 Å². The van der Waals surface area contributed by atoms with Crippen molar-refractivity contribution in [3.8, 4) is 0 Å². The Morgan fingerprint density at radius 3 is 2.53 bits per heavy atom. The van der Waals surface area contributed by atoms with E-state index in [9.17, 15) is 26.4 Å². The number of halogens is 3. The van der Waals surface area contributed by atoms with E-state index in [1.54, 1.807) is 18.0 Å². The highest BCUT2D eigenvalue weighted by Crippen LogP contribution is 2.30. The number of piperazine rings is 1. The van der Waals surface area contributed by atoms with E-state index in [0.717, 1.165) is 12.1 Å². The van der Waals surface area contributed by atoms with Crippen molar-refractivity contribution in [1.29, 1.82) is 0 Å². The van der Waals surface area contributed by atoms with Gasteiger partial charge in [0.05, 0.1) is 17.7 Å². The van der Waals surface area contributed by atoms with Gasteiger partial charge in [-0.3, -0.25) is 14.4 Å². The van der Waals surface area contributed by atoms with Crippen molar-refractivity contribution in [1.82, 2.24) is 23.9 Å². The van der Waals surface area contributed by atoms with Gasteiger partial charge in [0.2, 0.25) is 15.9 Å². The van der Waals surface area contributed by atoms with Crippen molar-refractivity contribution in [2.24, 2.45) is 13.0 Å². The third-order valence-corrected chi connectivity index (χ3v) is 8.21. The zero-order valence-corrected chi connectivity index (χ0v) is 19.7. The van der Waals surface area contributed by atoms with E-state index in [0.29, 0.717) is 57.7 Å². The van der Waals surface area contributed by atoms with E-state index in [2.05, 4.69) is 5.10 Å². The minimum Gasteiger partial charge on any atom is -0.340 e. The lowest BCUT2D eigenvalue weighted by atomic mass is 9.97. The van der Waals surface area contributed by atoms with Crippen LogP contribution in [0.3, 0.4) is 0 Å². The first-order valence-electron chi connectivity index (χ1n) is 11.2. The lowest BCUT2D eigenvalue weighted by Crippen LogP contribution is -2.52. The summed E-state index contributed by atoms with van der Waals surface area (Å²) in [6.45, 7) is 2.91. The van der Waals surface area contributed by atoms with Gasteiger partial charge in [-0.2, -0.15) is 22.6 Å². The lowest BCUT2D eigenvalue weighted by Gasteiger charge is -2.38. The van der Waals surface area contributed by atoms with Crippen LogP contribution in [0.25, 0.3) is 0 Å². The number of hydrogen-bond donors (Lipinski definition) is 0. The number of carbonyl (C=O) groups is 1. The molecule has 0 saturated carbocycles. The minimum absolute atomic E-state index is 0.0650. The quantitative estimate of drug-likeness (QED) is 0.630. The summed E-state index contributed by atoms with van der Waals surface area (Å²) in [6.07, 6.45) is -0.387. The van der Waals surface area contributed by atoms with Gasteiger partial charge in [-0.15, -0.1) is 0 Å². The zero-order valence-electron chi connectivity index (χ0n) is 18.9. The fourth-order valence-electron chi connectivity index (χ4n) is 4.53. The lowest BCUT2D eigenvalue weighted by molar-refractivity contribution is -0.139. The fraction of sp³-hybridized carbons (Fsp3) is 0.545. The van der Waals surface area contributed by atoms with Crippen molar-refractivity contribution >= 4 is 15.9 Å². The monoisotopic (exact) mass is 499 g/mol. The Morgan fingerprint density at radius 1 is 1.15 bits per heavy atom. The molecule has 8 nitrogen and oxygen atoms in total. The Bertz CT molecular complexity index is 1130. The van der Waals surface area contributed by atoms with Gasteiger partial charge in [0.25, 0.3) is 0 Å². The standard InChI is InChI=1S/C22H28F3N5O3S/c1-27-16-20(13-26-27)34(32,33)30-7-3-5-18(15-30)21(31)29-10-8-28(9-11-29)14-17-4-2-6-19(12-17)22(23,24)25/h2,4,6,12-13,16,18H,3,5,7-11,14-15H2,1H3/t18-/m1/s1. The summed E-state index contributed by atoms with van der Waals surface area (Å²) in [5.41, 5.74) is -0.0833. The van der Waals surface area contributed by atoms with Crippen molar-refractivity contribution in [2.45, 2.75) is 30.5 Å². The molecule has 1 aromatic carbocycles. The predicted molar refractivity (Wildman–Crippen MR) is 118 cm³/mol. The molecule has 0 N–H and O–H groups in total. The van der Waals surface area contributed by atoms with Crippen LogP contribution in [0.15, 0.2) is 41.6 Å². The molecule has 2 aromatic rings. The van der Waals surface area contributed by atoms with Crippen LogP contribution in [0, 0.1) is 5.92 Å². The molecule has 0 radical (unpaired) electrons. The number of nitrogens with zero attached hydrogens (tertiary/aromatic N) is 5. The molecule has 2 saturated heterocycles. The highest BCUT2D eigenvalue weighted by molar-refractivity contribution is 7.89. The van der Waals surface area contributed by atoms with E-state index < -0.39 is 27.7 Å². The van der Waals surface area contributed by atoms with Crippen LogP contribution in [0.1, 0.15) is 24.0 Å². The smallest absolute Gasteiger partial charge is 0.340 e. The largest absolute Gasteiger partial charge is 0.416 e. The fourth-order valence-corrected chi connectivity index (χ4v) is 6.04. The summed E-state index contributed by atoms with van der Waals surface area (Å²) < 4.78 is 67.5. The summed E-state index contributed by atoms with van der Waals surface area (Å²) in [5.74, 6) is -0.472. The first kappa shape index (κ1) is 24.7. The summed E-state index contributed by atoms with van der Waals surface area (Å²) >= 11 is 0. The molecule has 1 amide bonds. The average Bonchev–Trinajstić information content (AvgIpc) is 3.26. The van der Waals surface area contributed by atoms with E-state index in [-0.39, 0.29) is 17.3 Å². The second kappa shape index (κ2) is 9.67. The van der Waals surface area contributed by atoms with Crippen molar-refractivity contribution in [3.05, 3.63) is 47.8 Å². The Labute approximate surface area is 197 Å². The summed E-state index contributed by atoms with van der Waals surface area (Å²) in [7, 11) is -2.06. The van der Waals surface area contributed by atoms with Crippen LogP contribution in [0.4, 0.5) is 13.2 Å². The van der Waals surface area contributed by atoms with E-state index >= 15 is 0 Å². The third kappa shape index (κ3) is 5.44. The molecule has 2 fully saturated rings. The molecule has 0 unspecified atom stereocenters. The maximum atomic E-state index is 13.1. The number of rotatable bonds is 5.